The number of nitrogen functional groups attached to an aromatic ring is 1. The molecule has 1 aliphatic carbocycles. The average Bonchev–Trinajstić information content (AvgIpc) is 2.80. The van der Waals surface area contributed by atoms with Crippen LogP contribution in [0.1, 0.15) is 27.0 Å². The first kappa shape index (κ1) is 13.3. The minimum atomic E-state index is -0.180. The SMILES string of the molecule is Nc1ccc2c(c1)CC(Cc1ccc(C(=O)S)cc1)C2. The fraction of sp³-hybridized carbons (Fsp3) is 0.235. The molecule has 2 aromatic rings. The van der Waals surface area contributed by atoms with Crippen molar-refractivity contribution in [3.63, 3.8) is 0 Å². The third-order valence-corrected chi connectivity index (χ3v) is 4.23. The first-order chi connectivity index (χ1) is 9.61. The number of hydrogen-bond donors (Lipinski definition) is 2. The van der Waals surface area contributed by atoms with E-state index in [1.54, 1.807) is 0 Å². The second-order valence-electron chi connectivity index (χ2n) is 5.51. The van der Waals surface area contributed by atoms with Gasteiger partial charge in [-0.2, -0.15) is 0 Å². The molecule has 3 heteroatoms. The van der Waals surface area contributed by atoms with Gasteiger partial charge in [0.2, 0.25) is 5.12 Å². The molecule has 0 aromatic heterocycles. The molecule has 1 atom stereocenters. The number of anilines is 1. The first-order valence-electron chi connectivity index (χ1n) is 6.81. The van der Waals surface area contributed by atoms with E-state index >= 15 is 0 Å². The van der Waals surface area contributed by atoms with Crippen LogP contribution in [0, 0.1) is 5.92 Å². The van der Waals surface area contributed by atoms with Gasteiger partial charge in [0, 0.05) is 11.3 Å². The average molecular weight is 283 g/mol. The van der Waals surface area contributed by atoms with Crippen molar-refractivity contribution >= 4 is 23.4 Å². The van der Waals surface area contributed by atoms with Gasteiger partial charge in [-0.05, 0) is 54.0 Å². The molecule has 1 unspecified atom stereocenters. The summed E-state index contributed by atoms with van der Waals surface area (Å²) >= 11 is 3.83. The van der Waals surface area contributed by atoms with Crippen LogP contribution in [-0.4, -0.2) is 5.12 Å². The van der Waals surface area contributed by atoms with E-state index in [1.165, 1.54) is 16.7 Å². The lowest BCUT2D eigenvalue weighted by Gasteiger charge is -2.09. The van der Waals surface area contributed by atoms with E-state index in [2.05, 4.69) is 24.8 Å². The van der Waals surface area contributed by atoms with Gasteiger partial charge >= 0.3 is 0 Å². The minimum Gasteiger partial charge on any atom is -0.399 e. The smallest absolute Gasteiger partial charge is 0.216 e. The zero-order valence-corrected chi connectivity index (χ0v) is 12.1. The van der Waals surface area contributed by atoms with Crippen LogP contribution < -0.4 is 5.73 Å². The number of fused-ring (bicyclic) bond motifs is 1. The van der Waals surface area contributed by atoms with Gasteiger partial charge in [0.25, 0.3) is 0 Å². The third-order valence-electron chi connectivity index (χ3n) is 3.97. The van der Waals surface area contributed by atoms with Crippen LogP contribution in [0.2, 0.25) is 0 Å². The Kier molecular flexibility index (Phi) is 3.53. The number of thiol groups is 1. The standard InChI is InChI=1S/C17H17NOS/c18-16-6-5-14-8-12(9-15(14)10-16)7-11-1-3-13(4-2-11)17(19)20/h1-6,10,12H,7-9,18H2,(H,19,20). The number of nitrogens with two attached hydrogens (primary N) is 1. The topological polar surface area (TPSA) is 43.1 Å². The van der Waals surface area contributed by atoms with Crippen LogP contribution in [0.3, 0.4) is 0 Å². The Morgan fingerprint density at radius 1 is 1.10 bits per heavy atom. The normalized spacial score (nSPS) is 16.9. The van der Waals surface area contributed by atoms with Crippen molar-refractivity contribution < 1.29 is 4.79 Å². The van der Waals surface area contributed by atoms with E-state index < -0.39 is 0 Å². The zero-order valence-electron chi connectivity index (χ0n) is 11.2. The van der Waals surface area contributed by atoms with E-state index in [9.17, 15) is 4.79 Å². The molecule has 0 fully saturated rings. The Hall–Kier alpha value is -1.74. The molecule has 3 rings (SSSR count). The van der Waals surface area contributed by atoms with Gasteiger partial charge in [-0.15, -0.1) is 12.6 Å². The summed E-state index contributed by atoms with van der Waals surface area (Å²) in [5.41, 5.74) is 11.4. The Morgan fingerprint density at radius 2 is 1.80 bits per heavy atom. The predicted octanol–water partition coefficient (Wildman–Crippen LogP) is 3.30. The van der Waals surface area contributed by atoms with Gasteiger partial charge in [0.15, 0.2) is 0 Å². The van der Waals surface area contributed by atoms with Crippen LogP contribution in [0.5, 0.6) is 0 Å². The molecule has 0 amide bonds. The summed E-state index contributed by atoms with van der Waals surface area (Å²) in [5, 5.41) is -0.180. The summed E-state index contributed by atoms with van der Waals surface area (Å²) < 4.78 is 0. The lowest BCUT2D eigenvalue weighted by atomic mass is 9.96. The van der Waals surface area contributed by atoms with Crippen LogP contribution in [0.25, 0.3) is 0 Å². The van der Waals surface area contributed by atoms with Gasteiger partial charge < -0.3 is 5.73 Å². The summed E-state index contributed by atoms with van der Waals surface area (Å²) in [6.07, 6.45) is 3.24. The highest BCUT2D eigenvalue weighted by molar-refractivity contribution is 7.97. The van der Waals surface area contributed by atoms with Gasteiger partial charge in [0.05, 0.1) is 0 Å². The Bertz CT molecular complexity index is 649. The van der Waals surface area contributed by atoms with E-state index in [4.69, 9.17) is 5.73 Å². The number of rotatable bonds is 3. The van der Waals surface area contributed by atoms with E-state index in [0.717, 1.165) is 24.9 Å². The Morgan fingerprint density at radius 3 is 2.50 bits per heavy atom. The molecule has 0 radical (unpaired) electrons. The molecule has 102 valence electrons. The highest BCUT2D eigenvalue weighted by Crippen LogP contribution is 2.30. The quantitative estimate of drug-likeness (QED) is 0.670. The van der Waals surface area contributed by atoms with Crippen molar-refractivity contribution in [2.45, 2.75) is 19.3 Å². The van der Waals surface area contributed by atoms with Crippen molar-refractivity contribution in [3.8, 4) is 0 Å². The molecule has 0 bridgehead atoms. The maximum Gasteiger partial charge on any atom is 0.216 e. The van der Waals surface area contributed by atoms with Crippen LogP contribution in [-0.2, 0) is 19.3 Å². The molecule has 1 aliphatic rings. The maximum absolute atomic E-state index is 11.1. The molecule has 0 saturated heterocycles. The van der Waals surface area contributed by atoms with Crippen molar-refractivity contribution in [1.29, 1.82) is 0 Å². The Labute approximate surface area is 124 Å². The first-order valence-corrected chi connectivity index (χ1v) is 7.26. The summed E-state index contributed by atoms with van der Waals surface area (Å²) in [6, 6.07) is 14.0. The lowest BCUT2D eigenvalue weighted by Crippen LogP contribution is -2.04. The lowest BCUT2D eigenvalue weighted by molar-refractivity contribution is 0.109. The monoisotopic (exact) mass is 283 g/mol. The van der Waals surface area contributed by atoms with Crippen LogP contribution in [0.4, 0.5) is 5.69 Å². The zero-order chi connectivity index (χ0) is 14.1. The third kappa shape index (κ3) is 2.73. The molecule has 2 N–H and O–H groups in total. The second-order valence-corrected chi connectivity index (χ2v) is 5.91. The summed E-state index contributed by atoms with van der Waals surface area (Å²) in [4.78, 5) is 11.1. The number of benzene rings is 2. The van der Waals surface area contributed by atoms with Crippen molar-refractivity contribution in [2.75, 3.05) is 5.73 Å². The van der Waals surface area contributed by atoms with E-state index in [0.29, 0.717) is 11.5 Å². The molecule has 0 spiro atoms. The molecule has 0 heterocycles. The van der Waals surface area contributed by atoms with Crippen LogP contribution in [0.15, 0.2) is 42.5 Å². The molecule has 2 nitrogen and oxygen atoms in total. The molecule has 20 heavy (non-hydrogen) atoms. The highest BCUT2D eigenvalue weighted by atomic mass is 32.1. The molecule has 0 saturated carbocycles. The van der Waals surface area contributed by atoms with Gasteiger partial charge in [-0.3, -0.25) is 4.79 Å². The van der Waals surface area contributed by atoms with Crippen molar-refractivity contribution in [2.24, 2.45) is 5.92 Å². The predicted molar refractivity (Wildman–Crippen MR) is 85.2 cm³/mol. The van der Waals surface area contributed by atoms with Gasteiger partial charge in [0.1, 0.15) is 0 Å². The van der Waals surface area contributed by atoms with Crippen molar-refractivity contribution in [3.05, 3.63) is 64.7 Å². The minimum absolute atomic E-state index is 0.180. The Balaban J connectivity index is 1.70. The van der Waals surface area contributed by atoms with Gasteiger partial charge in [-0.1, -0.05) is 30.3 Å². The summed E-state index contributed by atoms with van der Waals surface area (Å²) in [5.74, 6) is 0.629. The number of carbonyl (C=O) groups is 1. The fourth-order valence-electron chi connectivity index (χ4n) is 2.99. The second kappa shape index (κ2) is 5.33. The van der Waals surface area contributed by atoms with Crippen molar-refractivity contribution in [1.82, 2.24) is 0 Å². The fourth-order valence-corrected chi connectivity index (χ4v) is 3.14. The largest absolute Gasteiger partial charge is 0.399 e. The van der Waals surface area contributed by atoms with E-state index in [-0.39, 0.29) is 5.12 Å². The molecular formula is C17H17NOS. The molecule has 0 aliphatic heterocycles. The molecule has 2 aromatic carbocycles. The summed E-state index contributed by atoms with van der Waals surface area (Å²) in [7, 11) is 0. The highest BCUT2D eigenvalue weighted by Gasteiger charge is 2.21. The van der Waals surface area contributed by atoms with Gasteiger partial charge in [-0.25, -0.2) is 0 Å². The summed E-state index contributed by atoms with van der Waals surface area (Å²) in [6.45, 7) is 0. The number of hydrogen-bond acceptors (Lipinski definition) is 2. The maximum atomic E-state index is 11.1. The molecular weight excluding hydrogens is 266 g/mol. The van der Waals surface area contributed by atoms with E-state index in [1.807, 2.05) is 30.3 Å². The number of carbonyl (C=O) groups excluding carboxylic acids is 1. The van der Waals surface area contributed by atoms with Crippen LogP contribution >= 0.6 is 12.6 Å².